The first-order valence-corrected chi connectivity index (χ1v) is 6.19. The van der Waals surface area contributed by atoms with E-state index in [1.807, 2.05) is 6.92 Å². The Morgan fingerprint density at radius 3 is 2.95 bits per heavy atom. The lowest BCUT2D eigenvalue weighted by Gasteiger charge is -2.37. The zero-order chi connectivity index (χ0) is 13.8. The molecular weight excluding hydrogens is 248 g/mol. The third-order valence-electron chi connectivity index (χ3n) is 3.10. The van der Waals surface area contributed by atoms with E-state index in [4.69, 9.17) is 9.84 Å². The number of hydrogen-bond acceptors (Lipinski definition) is 6. The lowest BCUT2D eigenvalue weighted by Crippen LogP contribution is -2.52. The SMILES string of the molecule is CNc1cnc(C(=O)N2CC(CO)OCC2C)cn1. The number of anilines is 1. The summed E-state index contributed by atoms with van der Waals surface area (Å²) in [6, 6.07) is -0.0407. The van der Waals surface area contributed by atoms with Gasteiger partial charge in [-0.1, -0.05) is 0 Å². The highest BCUT2D eigenvalue weighted by atomic mass is 16.5. The van der Waals surface area contributed by atoms with Crippen LogP contribution in [0.1, 0.15) is 17.4 Å². The molecule has 0 aliphatic carbocycles. The molecule has 2 unspecified atom stereocenters. The number of carbonyl (C=O) groups excluding carboxylic acids is 1. The van der Waals surface area contributed by atoms with Gasteiger partial charge < -0.3 is 20.1 Å². The third kappa shape index (κ3) is 2.99. The summed E-state index contributed by atoms with van der Waals surface area (Å²) in [7, 11) is 1.74. The smallest absolute Gasteiger partial charge is 0.274 e. The zero-order valence-corrected chi connectivity index (χ0v) is 11.0. The van der Waals surface area contributed by atoms with Crippen molar-refractivity contribution >= 4 is 11.7 Å². The van der Waals surface area contributed by atoms with Crippen LogP contribution < -0.4 is 5.32 Å². The first-order chi connectivity index (χ1) is 9.15. The highest BCUT2D eigenvalue weighted by Gasteiger charge is 2.30. The van der Waals surface area contributed by atoms with Gasteiger partial charge in [0.1, 0.15) is 11.5 Å². The third-order valence-corrected chi connectivity index (χ3v) is 3.10. The summed E-state index contributed by atoms with van der Waals surface area (Å²) in [5, 5.41) is 12.0. The van der Waals surface area contributed by atoms with E-state index >= 15 is 0 Å². The maximum atomic E-state index is 12.3. The average molecular weight is 266 g/mol. The molecule has 1 aliphatic rings. The molecule has 1 amide bonds. The summed E-state index contributed by atoms with van der Waals surface area (Å²) in [6.45, 7) is 2.59. The van der Waals surface area contributed by atoms with E-state index in [1.165, 1.54) is 12.4 Å². The molecule has 2 N–H and O–H groups in total. The number of aliphatic hydroxyl groups excluding tert-OH is 1. The van der Waals surface area contributed by atoms with Gasteiger partial charge in [-0.15, -0.1) is 0 Å². The molecule has 2 heterocycles. The van der Waals surface area contributed by atoms with E-state index in [1.54, 1.807) is 11.9 Å². The van der Waals surface area contributed by atoms with Crippen LogP contribution in [-0.4, -0.2) is 64.8 Å². The maximum absolute atomic E-state index is 12.3. The number of amides is 1. The molecule has 1 aromatic rings. The molecule has 0 bridgehead atoms. The normalized spacial score (nSPS) is 23.2. The fourth-order valence-corrected chi connectivity index (χ4v) is 1.93. The average Bonchev–Trinajstić information content (AvgIpc) is 2.47. The van der Waals surface area contributed by atoms with Gasteiger partial charge in [0.25, 0.3) is 5.91 Å². The Kier molecular flexibility index (Phi) is 4.28. The molecule has 7 heteroatoms. The van der Waals surface area contributed by atoms with Gasteiger partial charge in [-0.2, -0.15) is 0 Å². The monoisotopic (exact) mass is 266 g/mol. The number of hydrogen-bond donors (Lipinski definition) is 2. The first kappa shape index (κ1) is 13.7. The van der Waals surface area contributed by atoms with Crippen molar-refractivity contribution in [3.8, 4) is 0 Å². The van der Waals surface area contributed by atoms with Gasteiger partial charge in [-0.3, -0.25) is 4.79 Å². The summed E-state index contributed by atoms with van der Waals surface area (Å²) in [6.07, 6.45) is 2.64. The van der Waals surface area contributed by atoms with Gasteiger partial charge in [0.05, 0.1) is 37.8 Å². The molecule has 1 saturated heterocycles. The number of aromatic nitrogens is 2. The molecule has 104 valence electrons. The van der Waals surface area contributed by atoms with Crippen molar-refractivity contribution in [1.82, 2.24) is 14.9 Å². The summed E-state index contributed by atoms with van der Waals surface area (Å²) >= 11 is 0. The van der Waals surface area contributed by atoms with Crippen molar-refractivity contribution < 1.29 is 14.6 Å². The minimum atomic E-state index is -0.329. The number of nitrogens with one attached hydrogen (secondary N) is 1. The molecule has 0 radical (unpaired) electrons. The number of nitrogens with zero attached hydrogens (tertiary/aromatic N) is 3. The number of carbonyl (C=O) groups is 1. The van der Waals surface area contributed by atoms with Gasteiger partial charge in [0.15, 0.2) is 0 Å². The van der Waals surface area contributed by atoms with Crippen LogP contribution in [-0.2, 0) is 4.74 Å². The molecule has 2 rings (SSSR count). The zero-order valence-electron chi connectivity index (χ0n) is 11.0. The number of aliphatic hydroxyl groups is 1. The Hall–Kier alpha value is -1.73. The number of morpholine rings is 1. The van der Waals surface area contributed by atoms with Crippen LogP contribution in [0, 0.1) is 0 Å². The minimum Gasteiger partial charge on any atom is -0.394 e. The highest BCUT2D eigenvalue weighted by molar-refractivity contribution is 5.92. The van der Waals surface area contributed by atoms with Crippen LogP contribution >= 0.6 is 0 Å². The van der Waals surface area contributed by atoms with E-state index in [-0.39, 0.29) is 24.7 Å². The Labute approximate surface area is 111 Å². The summed E-state index contributed by atoms with van der Waals surface area (Å²) in [4.78, 5) is 22.2. The van der Waals surface area contributed by atoms with Crippen LogP contribution in [0.25, 0.3) is 0 Å². The second-order valence-corrected chi connectivity index (χ2v) is 4.48. The van der Waals surface area contributed by atoms with E-state index in [2.05, 4.69) is 15.3 Å². The van der Waals surface area contributed by atoms with Gasteiger partial charge >= 0.3 is 0 Å². The lowest BCUT2D eigenvalue weighted by atomic mass is 10.2. The van der Waals surface area contributed by atoms with Gasteiger partial charge in [-0.05, 0) is 6.92 Å². The Balaban J connectivity index is 2.12. The second-order valence-electron chi connectivity index (χ2n) is 4.48. The molecule has 1 aromatic heterocycles. The van der Waals surface area contributed by atoms with E-state index in [0.29, 0.717) is 24.7 Å². The Bertz CT molecular complexity index is 437. The fourth-order valence-electron chi connectivity index (χ4n) is 1.93. The van der Waals surface area contributed by atoms with Crippen LogP contribution in [0.3, 0.4) is 0 Å². The minimum absolute atomic E-state index is 0.0407. The van der Waals surface area contributed by atoms with Crippen LogP contribution in [0.15, 0.2) is 12.4 Å². The lowest BCUT2D eigenvalue weighted by molar-refractivity contribution is -0.0668. The van der Waals surface area contributed by atoms with E-state index in [9.17, 15) is 4.79 Å². The summed E-state index contributed by atoms with van der Waals surface area (Å²) in [5.74, 6) is 0.421. The predicted octanol–water partition coefficient (Wildman–Crippen LogP) is -0.260. The van der Waals surface area contributed by atoms with Gasteiger partial charge in [-0.25, -0.2) is 9.97 Å². The standard InChI is InChI=1S/C12H18N4O3/c1-8-7-19-9(6-17)5-16(8)12(18)10-3-15-11(13-2)4-14-10/h3-4,8-9,17H,5-7H2,1-2H3,(H,13,15). The number of rotatable bonds is 3. The maximum Gasteiger partial charge on any atom is 0.274 e. The number of ether oxygens (including phenoxy) is 1. The van der Waals surface area contributed by atoms with Crippen LogP contribution in [0.5, 0.6) is 0 Å². The topological polar surface area (TPSA) is 87.6 Å². The van der Waals surface area contributed by atoms with Gasteiger partial charge in [0.2, 0.25) is 0 Å². The van der Waals surface area contributed by atoms with Crippen molar-refractivity contribution in [3.05, 3.63) is 18.1 Å². The van der Waals surface area contributed by atoms with Crippen LogP contribution in [0.4, 0.5) is 5.82 Å². The molecule has 1 aliphatic heterocycles. The first-order valence-electron chi connectivity index (χ1n) is 6.19. The van der Waals surface area contributed by atoms with Gasteiger partial charge in [0, 0.05) is 13.6 Å². The van der Waals surface area contributed by atoms with Crippen molar-refractivity contribution in [1.29, 1.82) is 0 Å². The quantitative estimate of drug-likeness (QED) is 0.783. The van der Waals surface area contributed by atoms with Crippen molar-refractivity contribution in [2.24, 2.45) is 0 Å². The molecule has 1 fully saturated rings. The molecule has 2 atom stereocenters. The Morgan fingerprint density at radius 2 is 2.37 bits per heavy atom. The summed E-state index contributed by atoms with van der Waals surface area (Å²) in [5.41, 5.74) is 0.296. The highest BCUT2D eigenvalue weighted by Crippen LogP contribution is 2.14. The molecule has 19 heavy (non-hydrogen) atoms. The molecular formula is C12H18N4O3. The molecule has 7 nitrogen and oxygen atoms in total. The molecule has 0 spiro atoms. The van der Waals surface area contributed by atoms with E-state index in [0.717, 1.165) is 0 Å². The molecule has 0 aromatic carbocycles. The largest absolute Gasteiger partial charge is 0.394 e. The fraction of sp³-hybridized carbons (Fsp3) is 0.583. The van der Waals surface area contributed by atoms with E-state index < -0.39 is 0 Å². The van der Waals surface area contributed by atoms with Crippen molar-refractivity contribution in [3.63, 3.8) is 0 Å². The predicted molar refractivity (Wildman–Crippen MR) is 68.9 cm³/mol. The van der Waals surface area contributed by atoms with Crippen molar-refractivity contribution in [2.75, 3.05) is 32.1 Å². The van der Waals surface area contributed by atoms with Crippen LogP contribution in [0.2, 0.25) is 0 Å². The second kappa shape index (κ2) is 5.94. The molecule has 0 saturated carbocycles. The van der Waals surface area contributed by atoms with Crippen molar-refractivity contribution in [2.45, 2.75) is 19.1 Å². The Morgan fingerprint density at radius 1 is 1.58 bits per heavy atom. The summed E-state index contributed by atoms with van der Waals surface area (Å²) < 4.78 is 5.40.